The molecule has 5 aliphatic rings. The Morgan fingerprint density at radius 3 is 1.27 bits per heavy atom. The van der Waals surface area contributed by atoms with Gasteiger partial charge in [-0.25, -0.2) is 0 Å². The van der Waals surface area contributed by atoms with Gasteiger partial charge in [0.15, 0.2) is 17.9 Å². The van der Waals surface area contributed by atoms with Crippen LogP contribution in [0.25, 0.3) is 20.9 Å². The van der Waals surface area contributed by atoms with E-state index in [0.717, 1.165) is 79.5 Å². The van der Waals surface area contributed by atoms with Crippen molar-refractivity contribution in [3.63, 3.8) is 0 Å². The van der Waals surface area contributed by atoms with Gasteiger partial charge in [0.25, 0.3) is 0 Å². The van der Waals surface area contributed by atoms with E-state index in [4.69, 9.17) is 50.4 Å². The van der Waals surface area contributed by atoms with Crippen LogP contribution in [-0.4, -0.2) is 205 Å². The van der Waals surface area contributed by atoms with E-state index in [1.165, 1.54) is 116 Å². The van der Waals surface area contributed by atoms with Gasteiger partial charge in [-0.15, -0.1) is 0 Å². The summed E-state index contributed by atoms with van der Waals surface area (Å²) in [5, 5.41) is 76.3. The molecule has 554 valence electrons. The molecule has 5 saturated heterocycles. The summed E-state index contributed by atoms with van der Waals surface area (Å²) in [6.07, 6.45) is 21.5. The molecule has 0 spiro atoms. The number of unbranched alkanes of at least 4 members (excludes halogenated alkanes) is 24. The molecule has 30 heteroatoms. The average molecular weight is 1490 g/mol. The summed E-state index contributed by atoms with van der Waals surface area (Å²) < 4.78 is 119. The third-order valence-corrected chi connectivity index (χ3v) is 28.8. The Morgan fingerprint density at radius 1 is 0.511 bits per heavy atom. The molecule has 5 fully saturated rings. The molecule has 5 aliphatic heterocycles. The van der Waals surface area contributed by atoms with E-state index in [-0.39, 0.29) is 26.7 Å². The SMILES string of the molecule is C.CCCCCCCCCCCCCC[C@@H]1OC(C)(C)O[C@H]1[C@H](COC1OC(CO)C(O)C(O)C1O)N=[N+]=[N-].CCCCCCCCCCCCCC[C@@H]1OC(C)(C)O[C@H]1[C@H](COS(=O)(=O)C(F)(F)F)N=[N+]=[N-].CCC[CH2][Sn]1([CH2]CCC)[O]C2OC(CO)C(O)C(O)C2[O]1. The second kappa shape index (κ2) is 46.8. The van der Waals surface area contributed by atoms with Crippen LogP contribution in [0, 0.1) is 0 Å². The quantitative estimate of drug-likeness (QED) is 0.00566. The number of alkyl halides is 3. The molecule has 25 nitrogen and oxygen atoms in total. The van der Waals surface area contributed by atoms with E-state index in [1.807, 2.05) is 13.8 Å². The van der Waals surface area contributed by atoms with E-state index >= 15 is 0 Å². The topological polar surface area (TPSA) is 366 Å². The summed E-state index contributed by atoms with van der Waals surface area (Å²) in [4.78, 5) is 5.57. The van der Waals surface area contributed by atoms with Crippen LogP contribution in [-0.2, 0) is 53.6 Å². The van der Waals surface area contributed by atoms with Crippen molar-refractivity contribution < 1.29 is 101 Å². The summed E-state index contributed by atoms with van der Waals surface area (Å²) in [6.45, 7) is 13.6. The van der Waals surface area contributed by atoms with Gasteiger partial charge in [-0.05, 0) is 51.6 Å². The second-order valence-corrected chi connectivity index (χ2v) is 37.4. The first-order valence-electron chi connectivity index (χ1n) is 34.9. The molecular formula is C64H123F3N6O19SSn. The number of hydrogen-bond donors (Lipinski definition) is 7. The average Bonchev–Trinajstić information content (AvgIpc) is 1.60. The van der Waals surface area contributed by atoms with Gasteiger partial charge in [0.1, 0.15) is 24.4 Å². The van der Waals surface area contributed by atoms with Gasteiger partial charge in [-0.2, -0.15) is 21.6 Å². The number of aliphatic hydroxyl groups is 7. The van der Waals surface area contributed by atoms with Gasteiger partial charge in [0.05, 0.1) is 56.3 Å². The van der Waals surface area contributed by atoms with Crippen molar-refractivity contribution in [2.24, 2.45) is 10.2 Å². The third-order valence-electron chi connectivity index (χ3n) is 17.6. The predicted molar refractivity (Wildman–Crippen MR) is 351 cm³/mol. The zero-order valence-corrected chi connectivity index (χ0v) is 60.6. The number of azide groups is 2. The Balaban J connectivity index is 0.000000495. The molecule has 0 radical (unpaired) electrons. The Bertz CT molecular complexity index is 2210. The van der Waals surface area contributed by atoms with E-state index < -0.39 is 151 Å². The Hall–Kier alpha value is -1.52. The summed E-state index contributed by atoms with van der Waals surface area (Å²) >= 11 is -3.24. The van der Waals surface area contributed by atoms with Gasteiger partial charge in [0, 0.05) is 9.82 Å². The van der Waals surface area contributed by atoms with Crippen molar-refractivity contribution in [3.8, 4) is 0 Å². The van der Waals surface area contributed by atoms with E-state index in [9.17, 15) is 57.3 Å². The van der Waals surface area contributed by atoms with Crippen LogP contribution in [0.15, 0.2) is 10.2 Å². The van der Waals surface area contributed by atoms with Gasteiger partial charge >= 0.3 is 147 Å². The molecule has 5 rings (SSSR count). The maximum atomic E-state index is 12.6. The molecular weight excluding hydrogens is 1360 g/mol. The number of nitrogens with zero attached hydrogens (tertiary/aromatic N) is 6. The molecule has 0 amide bonds. The van der Waals surface area contributed by atoms with Gasteiger partial charge in [-0.1, -0.05) is 186 Å². The van der Waals surface area contributed by atoms with E-state index in [2.05, 4.69) is 51.9 Å². The number of rotatable bonds is 44. The second-order valence-electron chi connectivity index (χ2n) is 26.4. The molecule has 0 bridgehead atoms. The summed E-state index contributed by atoms with van der Waals surface area (Å²) in [5.41, 5.74) is 12.4. The zero-order chi connectivity index (χ0) is 69.1. The number of ether oxygens (including phenoxy) is 7. The first-order valence-corrected chi connectivity index (χ1v) is 42.7. The molecule has 16 atom stereocenters. The van der Waals surface area contributed by atoms with Crippen LogP contribution in [0.2, 0.25) is 8.87 Å². The van der Waals surface area contributed by atoms with Gasteiger partial charge < -0.3 is 48.8 Å². The van der Waals surface area contributed by atoms with Gasteiger partial charge in [-0.3, -0.25) is 4.18 Å². The Morgan fingerprint density at radius 2 is 0.883 bits per heavy atom. The van der Waals surface area contributed by atoms with Crippen molar-refractivity contribution in [1.82, 2.24) is 0 Å². The van der Waals surface area contributed by atoms with Gasteiger partial charge in [0.2, 0.25) is 0 Å². The van der Waals surface area contributed by atoms with Crippen LogP contribution >= 0.6 is 0 Å². The fraction of sp³-hybridized carbons (Fsp3) is 1.00. The molecule has 94 heavy (non-hydrogen) atoms. The number of halogens is 3. The van der Waals surface area contributed by atoms with Crippen molar-refractivity contribution >= 4 is 29.3 Å². The standard InChI is InChI=1S/C27H51N3O8.C22H40F3N3O5S.C6H10O6.2C4H9.CH4.Sn/c1-4-5-6-7-8-9-10-11-12-13-14-15-16-20-25(38-27(2,3)37-20)19(29-30-28)18-35-26-24(34)23(33)22(32)21(17-31)36-26;1-4-5-6-7-8-9-10-11-12-13-14-15-16-19-20(33-21(2,3)32-19)18(27-28-26)17-31-34(29,30)22(23,24)25;7-1-2-3(8)4(9)5(10)6(11)12-2;2*1-3-4-2;;/h19-26,31-34H,4-18H2,1-3H3;18-20H,4-17H2,1-3H3;2-9H,1H2;2*1,3-4H2,2H3;1H4;/q;;-2;;;;+2/t19-,20-,21?,22?,23?,24?,25-,26?;18-,19-,20-;;;;;/m00...../s1. The fourth-order valence-electron chi connectivity index (χ4n) is 12.4. The zero-order valence-electron chi connectivity index (χ0n) is 56.9. The number of fused-ring (bicyclic) bond motifs is 1. The van der Waals surface area contributed by atoms with Crippen LogP contribution in [0.4, 0.5) is 13.2 Å². The molecule has 0 aromatic carbocycles. The van der Waals surface area contributed by atoms with Crippen molar-refractivity contribution in [1.29, 1.82) is 0 Å². The minimum absolute atomic E-state index is 0. The summed E-state index contributed by atoms with van der Waals surface area (Å²) in [5.74, 6) is -1.89. The van der Waals surface area contributed by atoms with Crippen LogP contribution in [0.3, 0.4) is 0 Å². The fourth-order valence-corrected chi connectivity index (χ4v) is 24.0. The minimum atomic E-state index is -5.81. The molecule has 0 aromatic rings. The third kappa shape index (κ3) is 31.2. The first kappa shape index (κ1) is 88.6. The summed E-state index contributed by atoms with van der Waals surface area (Å²) in [6, 6.07) is -2.05. The Kier molecular flexibility index (Phi) is 44.1. The molecule has 7 N–H and O–H groups in total. The maximum absolute atomic E-state index is 12.6. The number of aliphatic hydroxyl groups excluding tert-OH is 7. The monoisotopic (exact) mass is 1490 g/mol. The Labute approximate surface area is 564 Å². The normalized spacial score (nSPS) is 29.1. The van der Waals surface area contributed by atoms with Crippen molar-refractivity contribution in [2.75, 3.05) is 26.4 Å². The molecule has 10 unspecified atom stereocenters. The van der Waals surface area contributed by atoms with E-state index in [0.29, 0.717) is 6.42 Å². The molecule has 0 aliphatic carbocycles. The van der Waals surface area contributed by atoms with E-state index in [1.54, 1.807) is 13.8 Å². The van der Waals surface area contributed by atoms with Crippen LogP contribution in [0.1, 0.15) is 255 Å². The summed E-state index contributed by atoms with van der Waals surface area (Å²) in [7, 11) is -5.81. The molecule has 0 aromatic heterocycles. The first-order chi connectivity index (χ1) is 44.2. The van der Waals surface area contributed by atoms with Crippen LogP contribution < -0.4 is 0 Å². The molecule has 0 saturated carbocycles. The number of hydrogen-bond acceptors (Lipinski definition) is 21. The van der Waals surface area contributed by atoms with Crippen LogP contribution in [0.5, 0.6) is 0 Å². The predicted octanol–water partition coefficient (Wildman–Crippen LogP) is 12.8. The van der Waals surface area contributed by atoms with Crippen molar-refractivity contribution in [3.05, 3.63) is 20.9 Å². The van der Waals surface area contributed by atoms with Crippen molar-refractivity contribution in [2.45, 2.75) is 379 Å². The molecule has 5 heterocycles.